The Balaban J connectivity index is 3.40. The second-order valence-electron chi connectivity index (χ2n) is 1.74. The number of pyridine rings is 1. The monoisotopic (exact) mass is 237 g/mol. The van der Waals surface area contributed by atoms with Crippen LogP contribution in [0.1, 0.15) is 10.4 Å². The van der Waals surface area contributed by atoms with Crippen LogP contribution in [-0.4, -0.2) is 11.3 Å². The molecule has 11 heavy (non-hydrogen) atoms. The normalized spacial score (nSPS) is 9.73. The molecule has 1 rings (SSSR count). The van der Waals surface area contributed by atoms with Gasteiger partial charge in [-0.05, 0) is 15.9 Å². The Bertz CT molecular complexity index is 305. The molecule has 2 nitrogen and oxygen atoms in total. The van der Waals surface area contributed by atoms with Crippen molar-refractivity contribution in [2.24, 2.45) is 0 Å². The molecule has 0 aliphatic rings. The molecule has 0 aliphatic carbocycles. The van der Waals surface area contributed by atoms with Crippen molar-refractivity contribution in [1.82, 2.24) is 4.98 Å². The third kappa shape index (κ3) is 1.57. The summed E-state index contributed by atoms with van der Waals surface area (Å²) in [6, 6.07) is 0. The molecule has 1 heterocycles. The number of carbonyl (C=O) groups excluding carboxylic acids is 1. The van der Waals surface area contributed by atoms with E-state index >= 15 is 0 Å². The van der Waals surface area contributed by atoms with E-state index in [1.165, 1.54) is 6.20 Å². The summed E-state index contributed by atoms with van der Waals surface area (Å²) in [6.07, 6.45) is 1.65. The van der Waals surface area contributed by atoms with Crippen LogP contribution in [0.15, 0.2) is 10.7 Å². The summed E-state index contributed by atoms with van der Waals surface area (Å²) in [5, 5.41) is -0.255. The van der Waals surface area contributed by atoms with Crippen LogP contribution >= 0.6 is 27.5 Å². The minimum absolute atomic E-state index is 0.0826. The highest BCUT2D eigenvalue weighted by atomic mass is 79.9. The highest BCUT2D eigenvalue weighted by Gasteiger charge is 2.09. The summed E-state index contributed by atoms with van der Waals surface area (Å²) in [4.78, 5) is 13.6. The van der Waals surface area contributed by atoms with Crippen LogP contribution in [0.3, 0.4) is 0 Å². The van der Waals surface area contributed by atoms with E-state index in [1.807, 2.05) is 0 Å². The first kappa shape index (κ1) is 8.62. The van der Waals surface area contributed by atoms with Crippen molar-refractivity contribution < 1.29 is 9.18 Å². The first-order chi connectivity index (χ1) is 5.16. The van der Waals surface area contributed by atoms with Crippen molar-refractivity contribution in [3.8, 4) is 0 Å². The summed E-state index contributed by atoms with van der Waals surface area (Å²) in [7, 11) is 0. The van der Waals surface area contributed by atoms with E-state index < -0.39 is 5.95 Å². The lowest BCUT2D eigenvalue weighted by Gasteiger charge is -1.98. The molecule has 5 heteroatoms. The summed E-state index contributed by atoms with van der Waals surface area (Å²) >= 11 is 8.40. The van der Waals surface area contributed by atoms with E-state index in [4.69, 9.17) is 11.6 Å². The van der Waals surface area contributed by atoms with Gasteiger partial charge in [-0.1, -0.05) is 11.6 Å². The maximum absolute atomic E-state index is 12.5. The first-order valence-electron chi connectivity index (χ1n) is 2.61. The molecule has 0 spiro atoms. The lowest BCUT2D eigenvalue weighted by atomic mass is 10.3. The van der Waals surface area contributed by atoms with Gasteiger partial charge in [0.15, 0.2) is 6.29 Å². The number of hydrogen-bond acceptors (Lipinski definition) is 2. The van der Waals surface area contributed by atoms with Crippen LogP contribution in [-0.2, 0) is 0 Å². The standard InChI is InChI=1S/C6H2BrClFNO/c7-4-1-10-6(9)5(8)3(4)2-11/h1-2H. The molecule has 0 saturated carbocycles. The summed E-state index contributed by atoms with van der Waals surface area (Å²) < 4.78 is 12.9. The quantitative estimate of drug-likeness (QED) is 0.556. The molecule has 1 aromatic heterocycles. The van der Waals surface area contributed by atoms with Crippen molar-refractivity contribution in [1.29, 1.82) is 0 Å². The second-order valence-corrected chi connectivity index (χ2v) is 2.97. The van der Waals surface area contributed by atoms with E-state index in [1.54, 1.807) is 0 Å². The van der Waals surface area contributed by atoms with E-state index in [0.717, 1.165) is 0 Å². The lowest BCUT2D eigenvalue weighted by molar-refractivity contribution is 0.112. The number of carbonyl (C=O) groups is 1. The number of aromatic nitrogens is 1. The van der Waals surface area contributed by atoms with Gasteiger partial charge in [0.05, 0.1) is 5.56 Å². The van der Waals surface area contributed by atoms with Gasteiger partial charge in [-0.3, -0.25) is 4.79 Å². The van der Waals surface area contributed by atoms with Gasteiger partial charge in [0.1, 0.15) is 5.02 Å². The Kier molecular flexibility index (Phi) is 2.57. The van der Waals surface area contributed by atoms with Gasteiger partial charge in [-0.25, -0.2) is 4.98 Å². The van der Waals surface area contributed by atoms with Crippen molar-refractivity contribution in [2.75, 3.05) is 0 Å². The van der Waals surface area contributed by atoms with E-state index in [9.17, 15) is 9.18 Å². The average Bonchev–Trinajstić information content (AvgIpc) is 1.99. The van der Waals surface area contributed by atoms with Crippen LogP contribution in [0.4, 0.5) is 4.39 Å². The molecule has 0 fully saturated rings. The fraction of sp³-hybridized carbons (Fsp3) is 0. The average molecular weight is 238 g/mol. The predicted octanol–water partition coefficient (Wildman–Crippen LogP) is 2.45. The van der Waals surface area contributed by atoms with Gasteiger partial charge in [0.2, 0.25) is 5.95 Å². The molecule has 0 unspecified atom stereocenters. The summed E-state index contributed by atoms with van der Waals surface area (Å²) in [6.45, 7) is 0. The Morgan fingerprint density at radius 2 is 2.36 bits per heavy atom. The van der Waals surface area contributed by atoms with Gasteiger partial charge in [0.25, 0.3) is 0 Å². The zero-order valence-corrected chi connectivity index (χ0v) is 7.49. The number of halogens is 3. The highest BCUT2D eigenvalue weighted by molar-refractivity contribution is 9.10. The smallest absolute Gasteiger partial charge is 0.232 e. The number of nitrogens with zero attached hydrogens (tertiary/aromatic N) is 1. The molecule has 0 aromatic carbocycles. The van der Waals surface area contributed by atoms with Crippen molar-refractivity contribution in [2.45, 2.75) is 0 Å². The minimum Gasteiger partial charge on any atom is -0.298 e. The van der Waals surface area contributed by atoms with Crippen LogP contribution in [0.5, 0.6) is 0 Å². The third-order valence-electron chi connectivity index (χ3n) is 1.08. The van der Waals surface area contributed by atoms with E-state index in [2.05, 4.69) is 20.9 Å². The second kappa shape index (κ2) is 3.28. The topological polar surface area (TPSA) is 30.0 Å². The van der Waals surface area contributed by atoms with Crippen LogP contribution < -0.4 is 0 Å². The van der Waals surface area contributed by atoms with Gasteiger partial charge < -0.3 is 0 Å². The van der Waals surface area contributed by atoms with E-state index in [-0.39, 0.29) is 10.6 Å². The van der Waals surface area contributed by atoms with Crippen molar-refractivity contribution >= 4 is 33.8 Å². The van der Waals surface area contributed by atoms with Crippen molar-refractivity contribution in [3.63, 3.8) is 0 Å². The molecular weight excluding hydrogens is 236 g/mol. The summed E-state index contributed by atoms with van der Waals surface area (Å²) in [5.74, 6) is -0.836. The van der Waals surface area contributed by atoms with Crippen LogP contribution in [0.25, 0.3) is 0 Å². The molecule has 0 atom stereocenters. The largest absolute Gasteiger partial charge is 0.298 e. The van der Waals surface area contributed by atoms with Gasteiger partial charge >= 0.3 is 0 Å². The van der Waals surface area contributed by atoms with Gasteiger partial charge in [-0.15, -0.1) is 0 Å². The van der Waals surface area contributed by atoms with E-state index in [0.29, 0.717) is 10.8 Å². The highest BCUT2D eigenvalue weighted by Crippen LogP contribution is 2.23. The molecule has 0 bridgehead atoms. The summed E-state index contributed by atoms with van der Waals surface area (Å²) in [5.41, 5.74) is 0.0826. The molecule has 0 amide bonds. The first-order valence-corrected chi connectivity index (χ1v) is 3.78. The van der Waals surface area contributed by atoms with Gasteiger partial charge in [-0.2, -0.15) is 4.39 Å². The van der Waals surface area contributed by atoms with Crippen LogP contribution in [0.2, 0.25) is 5.02 Å². The number of hydrogen-bond donors (Lipinski definition) is 0. The minimum atomic E-state index is -0.836. The zero-order valence-electron chi connectivity index (χ0n) is 5.14. The molecule has 0 radical (unpaired) electrons. The fourth-order valence-electron chi connectivity index (χ4n) is 0.564. The third-order valence-corrected chi connectivity index (χ3v) is 2.08. The van der Waals surface area contributed by atoms with Gasteiger partial charge in [0, 0.05) is 10.7 Å². The number of aldehydes is 1. The van der Waals surface area contributed by atoms with Crippen LogP contribution in [0, 0.1) is 5.95 Å². The fourth-order valence-corrected chi connectivity index (χ4v) is 1.27. The SMILES string of the molecule is O=Cc1c(Br)cnc(F)c1Cl. The maximum atomic E-state index is 12.5. The Morgan fingerprint density at radius 1 is 1.73 bits per heavy atom. The molecule has 0 aliphatic heterocycles. The molecule has 0 N–H and O–H groups in total. The molecular formula is C6H2BrClFNO. The number of rotatable bonds is 1. The molecule has 0 saturated heterocycles. The predicted molar refractivity (Wildman–Crippen MR) is 42.3 cm³/mol. The van der Waals surface area contributed by atoms with Crippen molar-refractivity contribution in [3.05, 3.63) is 27.2 Å². The Hall–Kier alpha value is -0.480. The Labute approximate surface area is 75.5 Å². The maximum Gasteiger partial charge on any atom is 0.232 e. The lowest BCUT2D eigenvalue weighted by Crippen LogP contribution is -1.91. The Morgan fingerprint density at radius 3 is 2.82 bits per heavy atom. The zero-order chi connectivity index (χ0) is 8.43. The molecule has 1 aromatic rings. The molecule has 58 valence electrons.